The lowest BCUT2D eigenvalue weighted by Crippen LogP contribution is -2.43. The van der Waals surface area contributed by atoms with Crippen LogP contribution in [-0.4, -0.2) is 23.9 Å². The van der Waals surface area contributed by atoms with Gasteiger partial charge < -0.3 is 5.73 Å². The van der Waals surface area contributed by atoms with Gasteiger partial charge in [-0.05, 0) is 24.1 Å². The molecule has 0 radical (unpaired) electrons. The second kappa shape index (κ2) is 6.75. The Morgan fingerprint density at radius 2 is 1.68 bits per heavy atom. The molecular formula is C19H22N2O. The maximum atomic E-state index is 11.8. The van der Waals surface area contributed by atoms with Crippen molar-refractivity contribution in [2.24, 2.45) is 11.7 Å². The third kappa shape index (κ3) is 3.37. The Hall–Kier alpha value is -2.13. The van der Waals surface area contributed by atoms with E-state index in [2.05, 4.69) is 41.3 Å². The second-order valence-electron chi connectivity index (χ2n) is 6.04. The van der Waals surface area contributed by atoms with Gasteiger partial charge in [-0.25, -0.2) is 0 Å². The lowest BCUT2D eigenvalue weighted by molar-refractivity contribution is -0.124. The molecule has 2 atom stereocenters. The second-order valence-corrected chi connectivity index (χ2v) is 6.04. The van der Waals surface area contributed by atoms with E-state index in [0.717, 1.165) is 26.1 Å². The summed E-state index contributed by atoms with van der Waals surface area (Å²) in [4.78, 5) is 14.2. The van der Waals surface area contributed by atoms with E-state index in [9.17, 15) is 4.79 Å². The molecule has 1 amide bonds. The van der Waals surface area contributed by atoms with Gasteiger partial charge in [-0.3, -0.25) is 9.69 Å². The van der Waals surface area contributed by atoms with Crippen LogP contribution in [0.4, 0.5) is 0 Å². The van der Waals surface area contributed by atoms with E-state index >= 15 is 0 Å². The Morgan fingerprint density at radius 3 is 2.32 bits per heavy atom. The minimum absolute atomic E-state index is 0.0607. The van der Waals surface area contributed by atoms with E-state index < -0.39 is 0 Å². The number of amides is 1. The van der Waals surface area contributed by atoms with E-state index in [4.69, 9.17) is 5.73 Å². The molecule has 2 aromatic carbocycles. The van der Waals surface area contributed by atoms with Gasteiger partial charge in [0.05, 0.1) is 0 Å². The van der Waals surface area contributed by atoms with Crippen molar-refractivity contribution in [2.45, 2.75) is 18.9 Å². The van der Waals surface area contributed by atoms with Crippen LogP contribution in [0.3, 0.4) is 0 Å². The highest BCUT2D eigenvalue weighted by Gasteiger charge is 2.33. The summed E-state index contributed by atoms with van der Waals surface area (Å²) >= 11 is 0. The third-order valence-electron chi connectivity index (χ3n) is 4.54. The van der Waals surface area contributed by atoms with Gasteiger partial charge in [-0.2, -0.15) is 0 Å². The van der Waals surface area contributed by atoms with Gasteiger partial charge >= 0.3 is 0 Å². The maximum absolute atomic E-state index is 11.8. The maximum Gasteiger partial charge on any atom is 0.221 e. The van der Waals surface area contributed by atoms with Crippen molar-refractivity contribution in [1.29, 1.82) is 0 Å². The summed E-state index contributed by atoms with van der Waals surface area (Å²) in [6.07, 6.45) is 0.835. The molecule has 0 spiro atoms. The summed E-state index contributed by atoms with van der Waals surface area (Å²) < 4.78 is 0. The Bertz CT molecular complexity index is 612. The summed E-state index contributed by atoms with van der Waals surface area (Å²) in [5.41, 5.74) is 8.16. The van der Waals surface area contributed by atoms with Crippen molar-refractivity contribution in [2.75, 3.05) is 13.1 Å². The molecule has 22 heavy (non-hydrogen) atoms. The zero-order valence-corrected chi connectivity index (χ0v) is 12.7. The highest BCUT2D eigenvalue weighted by atomic mass is 16.1. The molecule has 2 N–H and O–H groups in total. The third-order valence-corrected chi connectivity index (χ3v) is 4.54. The molecule has 114 valence electrons. The number of carbonyl (C=O) groups is 1. The first kappa shape index (κ1) is 14.8. The van der Waals surface area contributed by atoms with Crippen molar-refractivity contribution < 1.29 is 4.79 Å². The van der Waals surface area contributed by atoms with Crippen LogP contribution in [0.25, 0.3) is 0 Å². The zero-order valence-electron chi connectivity index (χ0n) is 12.7. The van der Waals surface area contributed by atoms with Crippen molar-refractivity contribution in [3.63, 3.8) is 0 Å². The molecule has 0 bridgehead atoms. The van der Waals surface area contributed by atoms with Crippen LogP contribution in [0, 0.1) is 5.92 Å². The molecule has 0 aromatic heterocycles. The predicted octanol–water partition coefficient (Wildman–Crippen LogP) is 2.78. The fourth-order valence-corrected chi connectivity index (χ4v) is 3.38. The lowest BCUT2D eigenvalue weighted by atomic mass is 9.80. The Morgan fingerprint density at radius 1 is 1.05 bits per heavy atom. The van der Waals surface area contributed by atoms with Gasteiger partial charge in [0.15, 0.2) is 0 Å². The van der Waals surface area contributed by atoms with Crippen molar-refractivity contribution >= 4 is 5.91 Å². The number of hydrogen-bond acceptors (Lipinski definition) is 2. The molecule has 3 rings (SSSR count). The number of benzene rings is 2. The van der Waals surface area contributed by atoms with Crippen LogP contribution in [-0.2, 0) is 11.3 Å². The summed E-state index contributed by atoms with van der Waals surface area (Å²) in [6.45, 7) is 2.73. The molecule has 3 heteroatoms. The van der Waals surface area contributed by atoms with E-state index in [0.29, 0.717) is 0 Å². The van der Waals surface area contributed by atoms with Crippen molar-refractivity contribution in [3.8, 4) is 0 Å². The van der Waals surface area contributed by atoms with Gasteiger partial charge in [-0.1, -0.05) is 60.7 Å². The molecule has 1 aliphatic heterocycles. The topological polar surface area (TPSA) is 46.3 Å². The van der Waals surface area contributed by atoms with Gasteiger partial charge in [-0.15, -0.1) is 0 Å². The lowest BCUT2D eigenvalue weighted by Gasteiger charge is -2.37. The standard InChI is InChI=1S/C19H22N2O/c20-19(22)17-11-12-21(13-15-7-3-1-4-8-15)14-18(17)16-9-5-2-6-10-16/h1-10,17-18H,11-14H2,(H2,20,22)/t17-,18-/m1/s1. The fourth-order valence-electron chi connectivity index (χ4n) is 3.38. The number of primary amides is 1. The zero-order chi connectivity index (χ0) is 15.4. The molecular weight excluding hydrogens is 272 g/mol. The predicted molar refractivity (Wildman–Crippen MR) is 88.2 cm³/mol. The van der Waals surface area contributed by atoms with Crippen LogP contribution >= 0.6 is 0 Å². The molecule has 3 nitrogen and oxygen atoms in total. The SMILES string of the molecule is NC(=O)[C@@H]1CCN(Cc2ccccc2)C[C@@H]1c1ccccc1. The van der Waals surface area contributed by atoms with E-state index in [1.165, 1.54) is 11.1 Å². The number of likely N-dealkylation sites (tertiary alicyclic amines) is 1. The van der Waals surface area contributed by atoms with Crippen LogP contribution in [0.5, 0.6) is 0 Å². The van der Waals surface area contributed by atoms with Crippen molar-refractivity contribution in [1.82, 2.24) is 4.90 Å². The van der Waals surface area contributed by atoms with Crippen LogP contribution in [0.2, 0.25) is 0 Å². The summed E-state index contributed by atoms with van der Waals surface area (Å²) in [5, 5.41) is 0. The summed E-state index contributed by atoms with van der Waals surface area (Å²) in [5.74, 6) is -0.0428. The molecule has 0 unspecified atom stereocenters. The highest BCUT2D eigenvalue weighted by molar-refractivity contribution is 5.78. The molecule has 1 aliphatic rings. The minimum Gasteiger partial charge on any atom is -0.369 e. The molecule has 1 fully saturated rings. The number of nitrogens with zero attached hydrogens (tertiary/aromatic N) is 1. The van der Waals surface area contributed by atoms with Gasteiger partial charge in [0.25, 0.3) is 0 Å². The van der Waals surface area contributed by atoms with Gasteiger partial charge in [0.2, 0.25) is 5.91 Å². The van der Waals surface area contributed by atoms with Crippen LogP contribution < -0.4 is 5.73 Å². The number of hydrogen-bond donors (Lipinski definition) is 1. The summed E-state index contributed by atoms with van der Waals surface area (Å²) in [6, 6.07) is 20.8. The van der Waals surface area contributed by atoms with Gasteiger partial charge in [0, 0.05) is 24.9 Å². The molecule has 2 aromatic rings. The first-order chi connectivity index (χ1) is 10.7. The Labute approximate surface area is 131 Å². The first-order valence-corrected chi connectivity index (χ1v) is 7.84. The number of nitrogens with two attached hydrogens (primary N) is 1. The average Bonchev–Trinajstić information content (AvgIpc) is 2.56. The average molecular weight is 294 g/mol. The van der Waals surface area contributed by atoms with E-state index in [-0.39, 0.29) is 17.7 Å². The molecule has 1 heterocycles. The van der Waals surface area contributed by atoms with Crippen LogP contribution in [0.15, 0.2) is 60.7 Å². The van der Waals surface area contributed by atoms with E-state index in [1.54, 1.807) is 0 Å². The van der Waals surface area contributed by atoms with Gasteiger partial charge in [0.1, 0.15) is 0 Å². The quantitative estimate of drug-likeness (QED) is 0.942. The van der Waals surface area contributed by atoms with Crippen molar-refractivity contribution in [3.05, 3.63) is 71.8 Å². The number of carbonyl (C=O) groups excluding carboxylic acids is 1. The Kier molecular flexibility index (Phi) is 4.54. The number of piperidine rings is 1. The molecule has 0 saturated carbocycles. The van der Waals surface area contributed by atoms with E-state index in [1.807, 2.05) is 24.3 Å². The highest BCUT2D eigenvalue weighted by Crippen LogP contribution is 2.32. The fraction of sp³-hybridized carbons (Fsp3) is 0.316. The van der Waals surface area contributed by atoms with Crippen LogP contribution in [0.1, 0.15) is 23.5 Å². The first-order valence-electron chi connectivity index (χ1n) is 7.84. The normalized spacial score (nSPS) is 22.4. The molecule has 1 saturated heterocycles. The minimum atomic E-state index is -0.173. The summed E-state index contributed by atoms with van der Waals surface area (Å²) in [7, 11) is 0. The Balaban J connectivity index is 1.77. The largest absolute Gasteiger partial charge is 0.369 e. The monoisotopic (exact) mass is 294 g/mol. The smallest absolute Gasteiger partial charge is 0.221 e. The number of rotatable bonds is 4. The molecule has 0 aliphatic carbocycles.